The van der Waals surface area contributed by atoms with Crippen LogP contribution >= 0.6 is 34.5 Å². The third-order valence-electron chi connectivity index (χ3n) is 3.03. The van der Waals surface area contributed by atoms with Crippen molar-refractivity contribution in [1.82, 2.24) is 4.98 Å². The summed E-state index contributed by atoms with van der Waals surface area (Å²) < 4.78 is 6.43. The Hall–Kier alpha value is -1.82. The van der Waals surface area contributed by atoms with E-state index in [0.717, 1.165) is 15.2 Å². The predicted molar refractivity (Wildman–Crippen MR) is 94.9 cm³/mol. The monoisotopic (exact) mass is 366 g/mol. The first-order valence-electron chi connectivity index (χ1n) is 6.76. The van der Waals surface area contributed by atoms with Gasteiger partial charge in [-0.1, -0.05) is 23.2 Å². The van der Waals surface area contributed by atoms with Crippen LogP contribution in [-0.2, 0) is 4.79 Å². The van der Waals surface area contributed by atoms with Gasteiger partial charge in [-0.2, -0.15) is 0 Å². The molecular weight excluding hydrogens is 355 g/mol. The third-order valence-corrected chi connectivity index (χ3v) is 4.50. The molecular formula is C16H12Cl2N2O2S. The quantitative estimate of drug-likeness (QED) is 0.712. The number of rotatable bonds is 4. The van der Waals surface area contributed by atoms with Gasteiger partial charge in [0.25, 0.3) is 5.91 Å². The Kier molecular flexibility index (Phi) is 4.71. The summed E-state index contributed by atoms with van der Waals surface area (Å²) in [7, 11) is 0. The Bertz CT molecular complexity index is 880. The Labute approximate surface area is 147 Å². The maximum absolute atomic E-state index is 12.0. The molecule has 1 heterocycles. The summed E-state index contributed by atoms with van der Waals surface area (Å²) in [5.41, 5.74) is 1.63. The highest BCUT2D eigenvalue weighted by Gasteiger charge is 2.08. The van der Waals surface area contributed by atoms with Crippen molar-refractivity contribution in [3.8, 4) is 5.75 Å². The van der Waals surface area contributed by atoms with E-state index < -0.39 is 0 Å². The minimum Gasteiger partial charge on any atom is -0.482 e. The van der Waals surface area contributed by atoms with Crippen LogP contribution in [0.15, 0.2) is 36.4 Å². The first-order valence-corrected chi connectivity index (χ1v) is 8.33. The maximum Gasteiger partial charge on any atom is 0.262 e. The van der Waals surface area contributed by atoms with Gasteiger partial charge in [0.05, 0.1) is 20.2 Å². The van der Waals surface area contributed by atoms with Gasteiger partial charge in [0.1, 0.15) is 5.75 Å². The van der Waals surface area contributed by atoms with Gasteiger partial charge >= 0.3 is 0 Å². The van der Waals surface area contributed by atoms with Crippen LogP contribution in [0.2, 0.25) is 10.0 Å². The van der Waals surface area contributed by atoms with Crippen LogP contribution < -0.4 is 10.1 Å². The highest BCUT2D eigenvalue weighted by molar-refractivity contribution is 7.18. The van der Waals surface area contributed by atoms with E-state index in [0.29, 0.717) is 21.5 Å². The number of ether oxygens (including phenoxy) is 1. The highest BCUT2D eigenvalue weighted by atomic mass is 35.5. The van der Waals surface area contributed by atoms with Crippen molar-refractivity contribution in [3.05, 3.63) is 51.5 Å². The number of amides is 1. The van der Waals surface area contributed by atoms with Gasteiger partial charge in [0, 0.05) is 10.7 Å². The van der Waals surface area contributed by atoms with Gasteiger partial charge in [0.2, 0.25) is 0 Å². The van der Waals surface area contributed by atoms with E-state index in [4.69, 9.17) is 27.9 Å². The molecule has 3 rings (SSSR count). The number of halogens is 2. The number of aryl methyl sites for hydroxylation is 1. The molecule has 0 fully saturated rings. The molecule has 0 aliphatic carbocycles. The number of benzene rings is 2. The zero-order valence-electron chi connectivity index (χ0n) is 12.1. The molecule has 0 spiro atoms. The van der Waals surface area contributed by atoms with Crippen molar-refractivity contribution in [2.45, 2.75) is 6.92 Å². The molecule has 1 N–H and O–H groups in total. The van der Waals surface area contributed by atoms with Crippen molar-refractivity contribution >= 4 is 56.3 Å². The van der Waals surface area contributed by atoms with Crippen LogP contribution in [0, 0.1) is 6.92 Å². The lowest BCUT2D eigenvalue weighted by atomic mass is 10.3. The maximum atomic E-state index is 12.0. The van der Waals surface area contributed by atoms with E-state index in [2.05, 4.69) is 10.3 Å². The number of thiazole rings is 1. The van der Waals surface area contributed by atoms with Gasteiger partial charge in [0.15, 0.2) is 6.61 Å². The third kappa shape index (κ3) is 3.93. The molecule has 0 bridgehead atoms. The number of hydrogen-bond acceptors (Lipinski definition) is 4. The van der Waals surface area contributed by atoms with Crippen LogP contribution in [-0.4, -0.2) is 17.5 Å². The molecule has 118 valence electrons. The number of carbonyl (C=O) groups excluding carboxylic acids is 1. The van der Waals surface area contributed by atoms with Crippen molar-refractivity contribution in [2.75, 3.05) is 11.9 Å². The number of aromatic nitrogens is 1. The van der Waals surface area contributed by atoms with Crippen molar-refractivity contribution in [1.29, 1.82) is 0 Å². The average Bonchev–Trinajstić information content (AvgIpc) is 2.85. The lowest BCUT2D eigenvalue weighted by molar-refractivity contribution is -0.118. The molecule has 2 aromatic carbocycles. The fourth-order valence-corrected chi connectivity index (χ4v) is 3.38. The lowest BCUT2D eigenvalue weighted by Crippen LogP contribution is -2.20. The molecule has 1 amide bonds. The molecule has 0 unspecified atom stereocenters. The van der Waals surface area contributed by atoms with E-state index in [1.807, 2.05) is 25.1 Å². The Balaban J connectivity index is 1.63. The summed E-state index contributed by atoms with van der Waals surface area (Å²) in [6.07, 6.45) is 0. The zero-order valence-corrected chi connectivity index (χ0v) is 14.4. The minimum absolute atomic E-state index is 0.138. The number of anilines is 1. The summed E-state index contributed by atoms with van der Waals surface area (Å²) in [4.78, 5) is 16.4. The van der Waals surface area contributed by atoms with Crippen LogP contribution in [0.1, 0.15) is 5.01 Å². The van der Waals surface area contributed by atoms with Crippen molar-refractivity contribution in [2.24, 2.45) is 0 Å². The van der Waals surface area contributed by atoms with Crippen LogP contribution in [0.25, 0.3) is 10.2 Å². The second kappa shape index (κ2) is 6.74. The molecule has 7 heteroatoms. The molecule has 0 aliphatic rings. The van der Waals surface area contributed by atoms with Crippen molar-refractivity contribution in [3.63, 3.8) is 0 Å². The summed E-state index contributed by atoms with van der Waals surface area (Å²) in [6, 6.07) is 10.4. The average molecular weight is 367 g/mol. The molecule has 0 radical (unpaired) electrons. The number of carbonyl (C=O) groups is 1. The number of hydrogen-bond donors (Lipinski definition) is 1. The Morgan fingerprint density at radius 3 is 2.87 bits per heavy atom. The largest absolute Gasteiger partial charge is 0.482 e. The van der Waals surface area contributed by atoms with E-state index in [1.54, 1.807) is 29.5 Å². The fraction of sp³-hybridized carbons (Fsp3) is 0.125. The molecule has 0 atom stereocenters. The zero-order chi connectivity index (χ0) is 16.4. The summed E-state index contributed by atoms with van der Waals surface area (Å²) in [6.45, 7) is 1.81. The van der Waals surface area contributed by atoms with Gasteiger partial charge in [-0.3, -0.25) is 4.79 Å². The minimum atomic E-state index is -0.267. The SMILES string of the molecule is Cc1nc2ccc(NC(=O)COc3ccc(Cl)cc3Cl)cc2s1. The lowest BCUT2D eigenvalue weighted by Gasteiger charge is -2.09. The standard InChI is InChI=1S/C16H12Cl2N2O2S/c1-9-19-13-4-3-11(7-15(13)23-9)20-16(21)8-22-14-5-2-10(17)6-12(14)18/h2-7H,8H2,1H3,(H,20,21). The first-order chi connectivity index (χ1) is 11.0. The van der Waals surface area contributed by atoms with Crippen LogP contribution in [0.4, 0.5) is 5.69 Å². The van der Waals surface area contributed by atoms with Crippen molar-refractivity contribution < 1.29 is 9.53 Å². The molecule has 1 aromatic heterocycles. The Morgan fingerprint density at radius 1 is 1.26 bits per heavy atom. The summed E-state index contributed by atoms with van der Waals surface area (Å²) >= 11 is 13.4. The second-order valence-electron chi connectivity index (χ2n) is 4.83. The number of fused-ring (bicyclic) bond motifs is 1. The topological polar surface area (TPSA) is 51.2 Å². The fourth-order valence-electron chi connectivity index (χ4n) is 2.05. The van der Waals surface area contributed by atoms with Crippen LogP contribution in [0.5, 0.6) is 5.75 Å². The number of nitrogens with zero attached hydrogens (tertiary/aromatic N) is 1. The summed E-state index contributed by atoms with van der Waals surface area (Å²) in [5.74, 6) is 0.149. The summed E-state index contributed by atoms with van der Waals surface area (Å²) in [5, 5.41) is 4.66. The molecule has 23 heavy (non-hydrogen) atoms. The smallest absolute Gasteiger partial charge is 0.262 e. The molecule has 4 nitrogen and oxygen atoms in total. The number of nitrogens with one attached hydrogen (secondary N) is 1. The van der Waals surface area contributed by atoms with E-state index >= 15 is 0 Å². The van der Waals surface area contributed by atoms with E-state index in [1.165, 1.54) is 0 Å². The Morgan fingerprint density at radius 2 is 2.09 bits per heavy atom. The molecule has 0 saturated heterocycles. The van der Waals surface area contributed by atoms with E-state index in [-0.39, 0.29) is 12.5 Å². The normalized spacial score (nSPS) is 10.7. The van der Waals surface area contributed by atoms with Gasteiger partial charge in [-0.05, 0) is 43.3 Å². The predicted octanol–water partition coefficient (Wildman–Crippen LogP) is 4.93. The second-order valence-corrected chi connectivity index (χ2v) is 6.91. The highest BCUT2D eigenvalue weighted by Crippen LogP contribution is 2.28. The molecule has 0 saturated carbocycles. The van der Waals surface area contributed by atoms with Gasteiger partial charge in [-0.15, -0.1) is 11.3 Å². The van der Waals surface area contributed by atoms with Crippen LogP contribution in [0.3, 0.4) is 0 Å². The van der Waals surface area contributed by atoms with E-state index in [9.17, 15) is 4.79 Å². The van der Waals surface area contributed by atoms with Gasteiger partial charge < -0.3 is 10.1 Å². The van der Waals surface area contributed by atoms with Gasteiger partial charge in [-0.25, -0.2) is 4.98 Å². The first kappa shape index (κ1) is 16.1. The molecule has 3 aromatic rings. The molecule has 0 aliphatic heterocycles.